The van der Waals surface area contributed by atoms with E-state index in [1.54, 1.807) is 6.07 Å². The van der Waals surface area contributed by atoms with Gasteiger partial charge in [0.1, 0.15) is 5.75 Å². The second kappa shape index (κ2) is 5.20. The lowest BCUT2D eigenvalue weighted by molar-refractivity contribution is 0.0663. The summed E-state index contributed by atoms with van der Waals surface area (Å²) in [7, 11) is 0. The first kappa shape index (κ1) is 13.1. The van der Waals surface area contributed by atoms with Crippen molar-refractivity contribution in [3.8, 4) is 5.75 Å². The third kappa shape index (κ3) is 2.51. The van der Waals surface area contributed by atoms with E-state index in [4.69, 9.17) is 14.3 Å². The number of rotatable bonds is 4. The topological polar surface area (TPSA) is 71.7 Å². The smallest absolute Gasteiger partial charge is 0.371 e. The van der Waals surface area contributed by atoms with Crippen LogP contribution in [0.25, 0.3) is 0 Å². The summed E-state index contributed by atoms with van der Waals surface area (Å²) in [5.41, 5.74) is 2.20. The van der Waals surface area contributed by atoms with Gasteiger partial charge >= 0.3 is 5.97 Å². The van der Waals surface area contributed by atoms with Crippen LogP contribution in [0.3, 0.4) is 0 Å². The van der Waals surface area contributed by atoms with Gasteiger partial charge in [-0.05, 0) is 23.8 Å². The monoisotopic (exact) mass is 337 g/mol. The van der Waals surface area contributed by atoms with Gasteiger partial charge < -0.3 is 19.6 Å². The molecule has 20 heavy (non-hydrogen) atoms. The van der Waals surface area contributed by atoms with E-state index in [0.717, 1.165) is 22.2 Å². The van der Waals surface area contributed by atoms with Crippen LogP contribution in [0.5, 0.6) is 5.75 Å². The van der Waals surface area contributed by atoms with Gasteiger partial charge in [-0.2, -0.15) is 0 Å². The van der Waals surface area contributed by atoms with E-state index in [1.165, 1.54) is 11.6 Å². The van der Waals surface area contributed by atoms with Gasteiger partial charge in [-0.25, -0.2) is 4.79 Å². The van der Waals surface area contributed by atoms with Gasteiger partial charge in [-0.3, -0.25) is 0 Å². The van der Waals surface area contributed by atoms with Crippen molar-refractivity contribution in [3.63, 3.8) is 0 Å². The van der Waals surface area contributed by atoms with Crippen LogP contribution in [-0.2, 0) is 13.0 Å². The van der Waals surface area contributed by atoms with Gasteiger partial charge in [-0.1, -0.05) is 15.9 Å². The number of fused-ring (bicyclic) bond motifs is 1. The molecule has 0 saturated carbocycles. The molecule has 1 aliphatic rings. The molecule has 0 unspecified atom stereocenters. The van der Waals surface area contributed by atoms with Crippen LogP contribution in [0.4, 0.5) is 5.88 Å². The molecule has 0 atom stereocenters. The minimum absolute atomic E-state index is 0.0804. The molecule has 2 heterocycles. The number of benzene rings is 1. The largest absolute Gasteiger partial charge is 0.493 e. The fraction of sp³-hybridized carbons (Fsp3) is 0.214. The minimum atomic E-state index is -1.08. The minimum Gasteiger partial charge on any atom is -0.493 e. The molecule has 1 aliphatic heterocycles. The van der Waals surface area contributed by atoms with Gasteiger partial charge in [0, 0.05) is 29.1 Å². The quantitative estimate of drug-likeness (QED) is 0.895. The van der Waals surface area contributed by atoms with Gasteiger partial charge in [-0.15, -0.1) is 0 Å². The molecule has 0 aliphatic carbocycles. The number of hydrogen-bond acceptors (Lipinski definition) is 4. The van der Waals surface area contributed by atoms with E-state index in [0.29, 0.717) is 19.0 Å². The number of carboxylic acids is 1. The van der Waals surface area contributed by atoms with Crippen molar-refractivity contribution in [2.45, 2.75) is 13.0 Å². The molecule has 2 aromatic rings. The van der Waals surface area contributed by atoms with Gasteiger partial charge in [0.2, 0.25) is 5.76 Å². The molecule has 0 fully saturated rings. The van der Waals surface area contributed by atoms with E-state index in [1.807, 2.05) is 6.07 Å². The highest BCUT2D eigenvalue weighted by Crippen LogP contribution is 2.33. The lowest BCUT2D eigenvalue weighted by atomic mass is 10.1. The maximum Gasteiger partial charge on any atom is 0.371 e. The second-order valence-corrected chi connectivity index (χ2v) is 5.39. The van der Waals surface area contributed by atoms with Crippen LogP contribution in [0.15, 0.2) is 33.2 Å². The zero-order valence-electron chi connectivity index (χ0n) is 10.5. The number of anilines is 1. The number of furan rings is 1. The van der Waals surface area contributed by atoms with Crippen molar-refractivity contribution in [1.29, 1.82) is 0 Å². The number of carboxylic acid groups (broad SMARTS) is 1. The van der Waals surface area contributed by atoms with Crippen LogP contribution >= 0.6 is 15.9 Å². The van der Waals surface area contributed by atoms with Gasteiger partial charge in [0.25, 0.3) is 0 Å². The standard InChI is InChI=1S/C14H12BrNO4/c15-10-5-8-3-4-19-13(8)9(6-10)7-16-12-2-1-11(20-12)14(17)18/h1-2,5-6,16H,3-4,7H2,(H,17,18). The van der Waals surface area contributed by atoms with Crippen molar-refractivity contribution in [1.82, 2.24) is 0 Å². The molecule has 1 aromatic heterocycles. The Bertz CT molecular complexity index is 665. The first-order chi connectivity index (χ1) is 9.63. The molecule has 0 bridgehead atoms. The molecule has 1 aromatic carbocycles. The van der Waals surface area contributed by atoms with E-state index in [9.17, 15) is 4.79 Å². The average molecular weight is 338 g/mol. The molecule has 2 N–H and O–H groups in total. The zero-order chi connectivity index (χ0) is 14.1. The van der Waals surface area contributed by atoms with Crippen molar-refractivity contribution in [2.24, 2.45) is 0 Å². The summed E-state index contributed by atoms with van der Waals surface area (Å²) in [4.78, 5) is 10.7. The molecule has 104 valence electrons. The summed E-state index contributed by atoms with van der Waals surface area (Å²) < 4.78 is 11.8. The summed E-state index contributed by atoms with van der Waals surface area (Å²) in [5, 5.41) is 11.9. The van der Waals surface area contributed by atoms with Crippen molar-refractivity contribution >= 4 is 27.8 Å². The molecule has 0 spiro atoms. The average Bonchev–Trinajstić information content (AvgIpc) is 3.04. The number of aromatic carboxylic acids is 1. The summed E-state index contributed by atoms with van der Waals surface area (Å²) in [6.07, 6.45) is 0.908. The van der Waals surface area contributed by atoms with E-state index in [2.05, 4.69) is 27.3 Å². The summed E-state index contributed by atoms with van der Waals surface area (Å²) >= 11 is 3.48. The van der Waals surface area contributed by atoms with Gasteiger partial charge in [0.05, 0.1) is 6.61 Å². The highest BCUT2D eigenvalue weighted by atomic mass is 79.9. The Kier molecular flexibility index (Phi) is 3.40. The van der Waals surface area contributed by atoms with Crippen LogP contribution in [0.1, 0.15) is 21.7 Å². The highest BCUT2D eigenvalue weighted by Gasteiger charge is 2.17. The lowest BCUT2D eigenvalue weighted by Gasteiger charge is -2.09. The Balaban J connectivity index is 1.76. The molecule has 3 rings (SSSR count). The molecule has 5 nitrogen and oxygen atoms in total. The Hall–Kier alpha value is -1.95. The normalized spacial score (nSPS) is 12.8. The molecule has 0 amide bonds. The van der Waals surface area contributed by atoms with Crippen LogP contribution in [0.2, 0.25) is 0 Å². The predicted octanol–water partition coefficient (Wildman–Crippen LogP) is 3.29. The number of nitrogens with one attached hydrogen (secondary N) is 1. The SMILES string of the molecule is O=C(O)c1ccc(NCc2cc(Br)cc3c2OCC3)o1. The van der Waals surface area contributed by atoms with Crippen LogP contribution < -0.4 is 10.1 Å². The lowest BCUT2D eigenvalue weighted by Crippen LogP contribution is -2.01. The highest BCUT2D eigenvalue weighted by molar-refractivity contribution is 9.10. The van der Waals surface area contributed by atoms with E-state index < -0.39 is 5.97 Å². The number of ether oxygens (including phenoxy) is 1. The Labute approximate surface area is 123 Å². The van der Waals surface area contributed by atoms with E-state index in [-0.39, 0.29) is 5.76 Å². The maximum absolute atomic E-state index is 10.7. The van der Waals surface area contributed by atoms with E-state index >= 15 is 0 Å². The number of hydrogen-bond donors (Lipinski definition) is 2. The van der Waals surface area contributed by atoms with Crippen molar-refractivity contribution in [2.75, 3.05) is 11.9 Å². The molecule has 0 saturated heterocycles. The third-order valence-electron chi connectivity index (χ3n) is 3.10. The summed E-state index contributed by atoms with van der Waals surface area (Å²) in [6.45, 7) is 1.21. The maximum atomic E-state index is 10.7. The summed E-state index contributed by atoms with van der Waals surface area (Å²) in [5.74, 6) is 0.174. The fourth-order valence-corrected chi connectivity index (χ4v) is 2.76. The zero-order valence-corrected chi connectivity index (χ0v) is 12.1. The molecular weight excluding hydrogens is 326 g/mol. The van der Waals surface area contributed by atoms with Crippen LogP contribution in [-0.4, -0.2) is 17.7 Å². The Morgan fingerprint density at radius 3 is 3.00 bits per heavy atom. The number of halogens is 1. The van der Waals surface area contributed by atoms with Crippen molar-refractivity contribution in [3.05, 3.63) is 45.6 Å². The first-order valence-electron chi connectivity index (χ1n) is 6.14. The Morgan fingerprint density at radius 1 is 1.40 bits per heavy atom. The number of carbonyl (C=O) groups is 1. The second-order valence-electron chi connectivity index (χ2n) is 4.47. The summed E-state index contributed by atoms with van der Waals surface area (Å²) in [6, 6.07) is 7.06. The fourth-order valence-electron chi connectivity index (χ4n) is 2.21. The Morgan fingerprint density at radius 2 is 2.25 bits per heavy atom. The predicted molar refractivity (Wildman–Crippen MR) is 76.3 cm³/mol. The van der Waals surface area contributed by atoms with Gasteiger partial charge in [0.15, 0.2) is 5.88 Å². The third-order valence-corrected chi connectivity index (χ3v) is 3.55. The van der Waals surface area contributed by atoms with Crippen molar-refractivity contribution < 1.29 is 19.1 Å². The van der Waals surface area contributed by atoms with Crippen LogP contribution in [0, 0.1) is 0 Å². The molecular formula is C14H12BrNO4. The molecule has 0 radical (unpaired) electrons. The first-order valence-corrected chi connectivity index (χ1v) is 6.94. The molecule has 6 heteroatoms.